The quantitative estimate of drug-likeness (QED) is 0.771. The molecular weight excluding hydrogens is 230 g/mol. The monoisotopic (exact) mass is 251 g/mol. The highest BCUT2D eigenvalue weighted by atomic mass is 16.5. The van der Waals surface area contributed by atoms with Crippen molar-refractivity contribution in [3.8, 4) is 11.5 Å². The predicted molar refractivity (Wildman–Crippen MR) is 72.1 cm³/mol. The van der Waals surface area contributed by atoms with Gasteiger partial charge in [0.25, 0.3) is 0 Å². The fourth-order valence-electron chi connectivity index (χ4n) is 2.21. The first-order valence-corrected chi connectivity index (χ1v) is 6.18. The normalized spacial score (nSPS) is 16.6. The molecule has 1 aliphatic heterocycles. The fourth-order valence-corrected chi connectivity index (χ4v) is 2.21. The Kier molecular flexibility index (Phi) is 4.28. The minimum Gasteiger partial charge on any atom is -0.494 e. The molecule has 0 spiro atoms. The van der Waals surface area contributed by atoms with Crippen molar-refractivity contribution in [2.24, 2.45) is 0 Å². The van der Waals surface area contributed by atoms with E-state index in [-0.39, 0.29) is 0 Å². The molecule has 0 aliphatic carbocycles. The van der Waals surface area contributed by atoms with Gasteiger partial charge in [-0.25, -0.2) is 0 Å². The maximum Gasteiger partial charge on any atom is 0.145 e. The number of nitrogen functional groups attached to an aromatic ring is 1. The number of nitrogens with one attached hydrogen (secondary N) is 1. The van der Waals surface area contributed by atoms with Gasteiger partial charge in [-0.15, -0.1) is 0 Å². The van der Waals surface area contributed by atoms with Crippen LogP contribution in [-0.2, 0) is 6.54 Å². The van der Waals surface area contributed by atoms with Crippen LogP contribution in [0.1, 0.15) is 5.56 Å². The molecule has 5 nitrogen and oxygen atoms in total. The van der Waals surface area contributed by atoms with E-state index in [1.807, 2.05) is 12.1 Å². The van der Waals surface area contributed by atoms with Gasteiger partial charge in [-0.2, -0.15) is 0 Å². The first-order chi connectivity index (χ1) is 8.74. The molecule has 1 fully saturated rings. The van der Waals surface area contributed by atoms with Gasteiger partial charge in [-0.3, -0.25) is 4.90 Å². The second-order valence-corrected chi connectivity index (χ2v) is 4.44. The molecule has 1 aromatic rings. The van der Waals surface area contributed by atoms with Crippen molar-refractivity contribution < 1.29 is 9.47 Å². The lowest BCUT2D eigenvalue weighted by atomic mass is 10.1. The molecule has 0 saturated carbocycles. The van der Waals surface area contributed by atoms with Crippen LogP contribution in [-0.4, -0.2) is 45.3 Å². The number of hydrogen-bond donors (Lipinski definition) is 2. The molecule has 0 unspecified atom stereocenters. The van der Waals surface area contributed by atoms with Gasteiger partial charge in [0.1, 0.15) is 17.2 Å². The number of nitrogens with zero attached hydrogens (tertiary/aromatic N) is 1. The maximum absolute atomic E-state index is 5.93. The minimum atomic E-state index is 0.559. The van der Waals surface area contributed by atoms with Crippen molar-refractivity contribution in [1.29, 1.82) is 0 Å². The summed E-state index contributed by atoms with van der Waals surface area (Å²) in [5, 5.41) is 3.34. The van der Waals surface area contributed by atoms with E-state index in [2.05, 4.69) is 10.2 Å². The van der Waals surface area contributed by atoms with Gasteiger partial charge in [-0.05, 0) is 17.7 Å². The average molecular weight is 251 g/mol. The van der Waals surface area contributed by atoms with Gasteiger partial charge < -0.3 is 20.5 Å². The van der Waals surface area contributed by atoms with Crippen LogP contribution in [0.25, 0.3) is 0 Å². The number of methoxy groups -OCH3 is 2. The molecule has 1 aromatic carbocycles. The molecule has 2 rings (SSSR count). The van der Waals surface area contributed by atoms with Gasteiger partial charge in [-0.1, -0.05) is 0 Å². The largest absolute Gasteiger partial charge is 0.494 e. The number of piperazine rings is 1. The molecule has 0 radical (unpaired) electrons. The number of rotatable bonds is 4. The van der Waals surface area contributed by atoms with Crippen LogP contribution >= 0.6 is 0 Å². The van der Waals surface area contributed by atoms with Crippen molar-refractivity contribution in [2.75, 3.05) is 46.1 Å². The summed E-state index contributed by atoms with van der Waals surface area (Å²) in [6, 6.07) is 3.97. The Morgan fingerprint density at radius 1 is 1.17 bits per heavy atom. The second-order valence-electron chi connectivity index (χ2n) is 4.44. The van der Waals surface area contributed by atoms with E-state index in [0.29, 0.717) is 17.2 Å². The average Bonchev–Trinajstić information content (AvgIpc) is 2.41. The number of hydrogen-bond acceptors (Lipinski definition) is 5. The van der Waals surface area contributed by atoms with Gasteiger partial charge >= 0.3 is 0 Å². The van der Waals surface area contributed by atoms with E-state index < -0.39 is 0 Å². The van der Waals surface area contributed by atoms with Crippen molar-refractivity contribution in [1.82, 2.24) is 10.2 Å². The van der Waals surface area contributed by atoms with Crippen LogP contribution in [0.15, 0.2) is 12.1 Å². The van der Waals surface area contributed by atoms with E-state index >= 15 is 0 Å². The summed E-state index contributed by atoms with van der Waals surface area (Å²) in [5.74, 6) is 1.36. The van der Waals surface area contributed by atoms with Gasteiger partial charge in [0.15, 0.2) is 0 Å². The number of benzene rings is 1. The number of nitrogens with two attached hydrogens (primary N) is 1. The van der Waals surface area contributed by atoms with Crippen molar-refractivity contribution >= 4 is 5.69 Å². The lowest BCUT2D eigenvalue weighted by molar-refractivity contribution is 0.232. The zero-order valence-corrected chi connectivity index (χ0v) is 11.0. The highest BCUT2D eigenvalue weighted by Crippen LogP contribution is 2.33. The zero-order valence-electron chi connectivity index (χ0n) is 11.0. The van der Waals surface area contributed by atoms with Crippen LogP contribution in [0, 0.1) is 0 Å². The summed E-state index contributed by atoms with van der Waals surface area (Å²) in [7, 11) is 3.25. The Bertz CT molecular complexity index is 378. The van der Waals surface area contributed by atoms with Crippen LogP contribution in [0.4, 0.5) is 5.69 Å². The van der Waals surface area contributed by atoms with Crippen LogP contribution < -0.4 is 20.5 Å². The molecule has 0 bridgehead atoms. The topological polar surface area (TPSA) is 59.8 Å². The third kappa shape index (κ3) is 2.86. The molecular formula is C13H21N3O2. The molecule has 1 aliphatic rings. The second kappa shape index (κ2) is 5.93. The molecule has 0 aromatic heterocycles. The summed E-state index contributed by atoms with van der Waals surface area (Å²) in [5.41, 5.74) is 7.66. The molecule has 100 valence electrons. The van der Waals surface area contributed by atoms with Crippen molar-refractivity contribution in [3.05, 3.63) is 17.7 Å². The smallest absolute Gasteiger partial charge is 0.145 e. The van der Waals surface area contributed by atoms with Gasteiger partial charge in [0, 0.05) is 32.7 Å². The Labute approximate surface area is 108 Å². The Balaban J connectivity index is 2.16. The lowest BCUT2D eigenvalue weighted by Crippen LogP contribution is -2.42. The highest BCUT2D eigenvalue weighted by molar-refractivity contribution is 5.64. The summed E-state index contributed by atoms with van der Waals surface area (Å²) in [6.07, 6.45) is 0. The molecule has 1 heterocycles. The summed E-state index contributed by atoms with van der Waals surface area (Å²) < 4.78 is 10.6. The lowest BCUT2D eigenvalue weighted by Gasteiger charge is -2.27. The standard InChI is InChI=1S/C13H21N3O2/c1-17-11-7-10(8-12(18-2)13(11)14)9-16-5-3-15-4-6-16/h7-8,15H,3-6,9,14H2,1-2H3. The Morgan fingerprint density at radius 3 is 2.22 bits per heavy atom. The molecule has 0 atom stereocenters. The minimum absolute atomic E-state index is 0.559. The molecule has 18 heavy (non-hydrogen) atoms. The maximum atomic E-state index is 5.93. The molecule has 5 heteroatoms. The SMILES string of the molecule is COc1cc(CN2CCNCC2)cc(OC)c1N. The van der Waals surface area contributed by atoms with Gasteiger partial charge in [0.05, 0.1) is 14.2 Å². The van der Waals surface area contributed by atoms with Crippen LogP contribution in [0.3, 0.4) is 0 Å². The first kappa shape index (κ1) is 13.0. The van der Waals surface area contributed by atoms with E-state index in [0.717, 1.165) is 32.7 Å². The van der Waals surface area contributed by atoms with Crippen molar-refractivity contribution in [2.45, 2.75) is 6.54 Å². The zero-order chi connectivity index (χ0) is 13.0. The van der Waals surface area contributed by atoms with E-state index in [1.165, 1.54) is 5.56 Å². The summed E-state index contributed by atoms with van der Waals surface area (Å²) in [4.78, 5) is 2.40. The first-order valence-electron chi connectivity index (χ1n) is 6.18. The molecule has 3 N–H and O–H groups in total. The third-order valence-electron chi connectivity index (χ3n) is 3.22. The Hall–Kier alpha value is -1.46. The highest BCUT2D eigenvalue weighted by Gasteiger charge is 2.13. The Morgan fingerprint density at radius 2 is 1.72 bits per heavy atom. The fraction of sp³-hybridized carbons (Fsp3) is 0.538. The van der Waals surface area contributed by atoms with E-state index in [1.54, 1.807) is 14.2 Å². The third-order valence-corrected chi connectivity index (χ3v) is 3.22. The summed E-state index contributed by atoms with van der Waals surface area (Å²) >= 11 is 0. The van der Waals surface area contributed by atoms with Crippen molar-refractivity contribution in [3.63, 3.8) is 0 Å². The van der Waals surface area contributed by atoms with Crippen LogP contribution in [0.5, 0.6) is 11.5 Å². The molecule has 1 saturated heterocycles. The van der Waals surface area contributed by atoms with Gasteiger partial charge in [0.2, 0.25) is 0 Å². The number of anilines is 1. The molecule has 0 amide bonds. The van der Waals surface area contributed by atoms with E-state index in [9.17, 15) is 0 Å². The summed E-state index contributed by atoms with van der Waals surface area (Å²) in [6.45, 7) is 5.12. The van der Waals surface area contributed by atoms with Crippen LogP contribution in [0.2, 0.25) is 0 Å². The predicted octanol–water partition coefficient (Wildman–Crippen LogP) is 0.691. The number of ether oxygens (including phenoxy) is 2. The van der Waals surface area contributed by atoms with E-state index in [4.69, 9.17) is 15.2 Å².